The van der Waals surface area contributed by atoms with Crippen LogP contribution >= 0.6 is 0 Å². The monoisotopic (exact) mass is 333 g/mol. The molecule has 1 aromatic carbocycles. The topological polar surface area (TPSA) is 75.6 Å². The van der Waals surface area contributed by atoms with Crippen LogP contribution in [0.4, 0.5) is 4.79 Å². The average Bonchev–Trinajstić information content (AvgIpc) is 2.52. The first kappa shape index (κ1) is 18.3. The molecule has 1 unspecified atom stereocenters. The first-order valence-corrected chi connectivity index (χ1v) is 8.56. The second-order valence-corrected chi connectivity index (χ2v) is 7.44. The molecule has 0 saturated heterocycles. The number of rotatable bonds is 4. The number of amides is 1. The van der Waals surface area contributed by atoms with Gasteiger partial charge in [-0.1, -0.05) is 49.6 Å². The van der Waals surface area contributed by atoms with E-state index >= 15 is 0 Å². The molecule has 0 aromatic heterocycles. The largest absolute Gasteiger partial charge is 0.479 e. The molecule has 132 valence electrons. The number of aliphatic carboxylic acids is 1. The molecule has 1 aromatic rings. The fourth-order valence-electron chi connectivity index (χ4n) is 3.46. The van der Waals surface area contributed by atoms with Crippen molar-refractivity contribution in [1.82, 2.24) is 5.32 Å². The maximum absolute atomic E-state index is 12.4. The van der Waals surface area contributed by atoms with Crippen molar-refractivity contribution in [3.05, 3.63) is 35.9 Å². The van der Waals surface area contributed by atoms with Crippen molar-refractivity contribution >= 4 is 12.1 Å². The van der Waals surface area contributed by atoms with Crippen LogP contribution in [-0.4, -0.2) is 22.8 Å². The molecule has 1 atom stereocenters. The summed E-state index contributed by atoms with van der Waals surface area (Å²) in [5.74, 6) is -1.19. The Balaban J connectivity index is 2.42. The maximum Gasteiger partial charge on any atom is 0.408 e. The van der Waals surface area contributed by atoms with E-state index in [-0.39, 0.29) is 5.92 Å². The van der Waals surface area contributed by atoms with Crippen LogP contribution < -0.4 is 5.32 Å². The summed E-state index contributed by atoms with van der Waals surface area (Å²) in [5.41, 5.74) is -1.54. The first-order chi connectivity index (χ1) is 11.3. The highest BCUT2D eigenvalue weighted by atomic mass is 16.6. The Bertz CT molecular complexity index is 573. The lowest BCUT2D eigenvalue weighted by molar-refractivity contribution is -0.149. The third-order valence-electron chi connectivity index (χ3n) is 4.48. The Labute approximate surface area is 143 Å². The smallest absolute Gasteiger partial charge is 0.408 e. The molecule has 0 radical (unpaired) electrons. The van der Waals surface area contributed by atoms with E-state index in [0.29, 0.717) is 5.56 Å². The van der Waals surface area contributed by atoms with Gasteiger partial charge in [0.1, 0.15) is 5.60 Å². The van der Waals surface area contributed by atoms with Crippen molar-refractivity contribution in [3.63, 3.8) is 0 Å². The highest BCUT2D eigenvalue weighted by molar-refractivity contribution is 5.86. The number of ether oxygens (including phenoxy) is 1. The van der Waals surface area contributed by atoms with Crippen molar-refractivity contribution in [2.75, 3.05) is 0 Å². The van der Waals surface area contributed by atoms with E-state index in [0.717, 1.165) is 32.1 Å². The van der Waals surface area contributed by atoms with Crippen LogP contribution in [0.2, 0.25) is 0 Å². The van der Waals surface area contributed by atoms with Gasteiger partial charge in [-0.25, -0.2) is 9.59 Å². The van der Waals surface area contributed by atoms with Crippen molar-refractivity contribution in [3.8, 4) is 0 Å². The Morgan fingerprint density at radius 3 is 2.17 bits per heavy atom. The van der Waals surface area contributed by atoms with Gasteiger partial charge in [0.2, 0.25) is 0 Å². The van der Waals surface area contributed by atoms with Gasteiger partial charge in [-0.2, -0.15) is 0 Å². The molecule has 1 aliphatic rings. The fraction of sp³-hybridized carbons (Fsp3) is 0.579. The summed E-state index contributed by atoms with van der Waals surface area (Å²) >= 11 is 0. The van der Waals surface area contributed by atoms with E-state index < -0.39 is 23.2 Å². The van der Waals surface area contributed by atoms with Gasteiger partial charge in [-0.15, -0.1) is 0 Å². The van der Waals surface area contributed by atoms with Crippen LogP contribution in [0.15, 0.2) is 30.3 Å². The molecule has 0 aliphatic heterocycles. The van der Waals surface area contributed by atoms with Gasteiger partial charge in [0.15, 0.2) is 5.54 Å². The lowest BCUT2D eigenvalue weighted by Crippen LogP contribution is -2.58. The van der Waals surface area contributed by atoms with Gasteiger partial charge >= 0.3 is 12.1 Å². The van der Waals surface area contributed by atoms with E-state index in [1.165, 1.54) is 0 Å². The standard InChI is InChI=1S/C19H27NO4/c1-18(2,3)24-17(23)20-19(16(21)22,14-10-6-4-7-11-14)15-12-8-5-9-13-15/h4,6-7,10-11,15H,5,8-9,12-13H2,1-3H3,(H,20,23)(H,21,22). The van der Waals surface area contributed by atoms with E-state index in [4.69, 9.17) is 4.74 Å². The normalized spacial score (nSPS) is 18.5. The van der Waals surface area contributed by atoms with E-state index in [1.807, 2.05) is 6.07 Å². The summed E-state index contributed by atoms with van der Waals surface area (Å²) in [6, 6.07) is 8.96. The number of carbonyl (C=O) groups excluding carboxylic acids is 1. The van der Waals surface area contributed by atoms with Crippen molar-refractivity contribution in [2.45, 2.75) is 64.0 Å². The van der Waals surface area contributed by atoms with E-state index in [2.05, 4.69) is 5.32 Å². The van der Waals surface area contributed by atoms with Gasteiger partial charge < -0.3 is 15.2 Å². The molecular formula is C19H27NO4. The Hall–Kier alpha value is -2.04. The third kappa shape index (κ3) is 4.08. The number of alkyl carbamates (subject to hydrolysis) is 1. The predicted molar refractivity (Wildman–Crippen MR) is 91.7 cm³/mol. The number of hydrogen-bond donors (Lipinski definition) is 2. The van der Waals surface area contributed by atoms with Crippen molar-refractivity contribution in [2.24, 2.45) is 5.92 Å². The fourth-order valence-corrected chi connectivity index (χ4v) is 3.46. The summed E-state index contributed by atoms with van der Waals surface area (Å²) in [6.45, 7) is 5.29. The summed E-state index contributed by atoms with van der Waals surface area (Å²) < 4.78 is 5.34. The van der Waals surface area contributed by atoms with Crippen LogP contribution in [-0.2, 0) is 15.1 Å². The number of carboxylic acid groups (broad SMARTS) is 1. The Morgan fingerprint density at radius 1 is 1.08 bits per heavy atom. The van der Waals surface area contributed by atoms with Crippen LogP contribution in [0, 0.1) is 5.92 Å². The first-order valence-electron chi connectivity index (χ1n) is 8.56. The predicted octanol–water partition coefficient (Wildman–Crippen LogP) is 4.07. The number of hydrogen-bond acceptors (Lipinski definition) is 3. The van der Waals surface area contributed by atoms with Gasteiger partial charge in [0, 0.05) is 0 Å². The lowest BCUT2D eigenvalue weighted by Gasteiger charge is -2.40. The molecule has 2 rings (SSSR count). The van der Waals surface area contributed by atoms with Crippen molar-refractivity contribution in [1.29, 1.82) is 0 Å². The summed E-state index contributed by atoms with van der Waals surface area (Å²) in [6.07, 6.45) is 3.91. The van der Waals surface area contributed by atoms with Crippen molar-refractivity contribution < 1.29 is 19.4 Å². The number of carboxylic acids is 1. The number of benzene rings is 1. The second-order valence-electron chi connectivity index (χ2n) is 7.44. The van der Waals surface area contributed by atoms with Gasteiger partial charge in [-0.05, 0) is 45.1 Å². The zero-order valence-electron chi connectivity index (χ0n) is 14.7. The molecule has 5 heteroatoms. The van der Waals surface area contributed by atoms with Gasteiger partial charge in [-0.3, -0.25) is 0 Å². The van der Waals surface area contributed by atoms with Crippen LogP contribution in [0.5, 0.6) is 0 Å². The quantitative estimate of drug-likeness (QED) is 0.871. The zero-order valence-corrected chi connectivity index (χ0v) is 14.7. The minimum absolute atomic E-state index is 0.154. The molecular weight excluding hydrogens is 306 g/mol. The minimum atomic E-state index is -1.45. The van der Waals surface area contributed by atoms with Crippen LogP contribution in [0.1, 0.15) is 58.4 Å². The highest BCUT2D eigenvalue weighted by Crippen LogP contribution is 2.40. The molecule has 1 aliphatic carbocycles. The summed E-state index contributed by atoms with van der Waals surface area (Å²) in [5, 5.41) is 12.8. The third-order valence-corrected chi connectivity index (χ3v) is 4.48. The second kappa shape index (κ2) is 7.24. The average molecular weight is 333 g/mol. The van der Waals surface area contributed by atoms with Crippen LogP contribution in [0.25, 0.3) is 0 Å². The highest BCUT2D eigenvalue weighted by Gasteiger charge is 2.49. The van der Waals surface area contributed by atoms with E-state index in [1.54, 1.807) is 45.0 Å². The minimum Gasteiger partial charge on any atom is -0.479 e. The Kier molecular flexibility index (Phi) is 5.52. The lowest BCUT2D eigenvalue weighted by atomic mass is 9.71. The van der Waals surface area contributed by atoms with Gasteiger partial charge in [0.25, 0.3) is 0 Å². The Morgan fingerprint density at radius 2 is 1.67 bits per heavy atom. The molecule has 1 fully saturated rings. The van der Waals surface area contributed by atoms with Crippen LogP contribution in [0.3, 0.4) is 0 Å². The molecule has 1 amide bonds. The molecule has 24 heavy (non-hydrogen) atoms. The molecule has 0 heterocycles. The summed E-state index contributed by atoms with van der Waals surface area (Å²) in [7, 11) is 0. The molecule has 0 spiro atoms. The van der Waals surface area contributed by atoms with E-state index in [9.17, 15) is 14.7 Å². The SMILES string of the molecule is CC(C)(C)OC(=O)NC(C(=O)O)(c1ccccc1)C1CCCCC1. The number of nitrogens with one attached hydrogen (secondary N) is 1. The molecule has 5 nitrogen and oxygen atoms in total. The molecule has 0 bridgehead atoms. The number of carbonyl (C=O) groups is 2. The summed E-state index contributed by atoms with van der Waals surface area (Å²) in [4.78, 5) is 24.8. The van der Waals surface area contributed by atoms with Gasteiger partial charge in [0.05, 0.1) is 0 Å². The molecule has 2 N–H and O–H groups in total. The zero-order chi connectivity index (χ0) is 17.8. The maximum atomic E-state index is 12.4. The molecule has 1 saturated carbocycles.